The van der Waals surface area contributed by atoms with Gasteiger partial charge in [0.1, 0.15) is 17.2 Å². The number of hydrogen-bond donors (Lipinski definition) is 2. The number of carbonyl (C=O) groups is 1. The molecule has 0 saturated heterocycles. The summed E-state index contributed by atoms with van der Waals surface area (Å²) in [5.41, 5.74) is 5.49. The number of hydrogen-bond acceptors (Lipinski definition) is 4. The van der Waals surface area contributed by atoms with Crippen molar-refractivity contribution in [1.82, 2.24) is 5.43 Å². The number of benzene rings is 3. The van der Waals surface area contributed by atoms with E-state index in [1.807, 2.05) is 31.2 Å². The van der Waals surface area contributed by atoms with Crippen LogP contribution >= 0.6 is 15.9 Å². The maximum atomic E-state index is 12.4. The maximum absolute atomic E-state index is 12.4. The van der Waals surface area contributed by atoms with Crippen molar-refractivity contribution in [2.24, 2.45) is 5.10 Å². The summed E-state index contributed by atoms with van der Waals surface area (Å²) in [7, 11) is 0. The van der Waals surface area contributed by atoms with E-state index in [0.29, 0.717) is 27.1 Å². The van der Waals surface area contributed by atoms with E-state index in [2.05, 4.69) is 26.5 Å². The molecule has 3 aromatic carbocycles. The molecule has 0 bridgehead atoms. The number of hydrazone groups is 1. The number of aryl methyl sites for hydroxylation is 2. The van der Waals surface area contributed by atoms with Crippen molar-refractivity contribution >= 4 is 28.1 Å². The number of carbonyl (C=O) groups excluding carboxylic acids is 1. The lowest BCUT2D eigenvalue weighted by molar-refractivity contribution is 0.0955. The molecule has 0 fully saturated rings. The first-order valence-corrected chi connectivity index (χ1v) is 9.39. The van der Waals surface area contributed by atoms with Crippen LogP contribution in [0.4, 0.5) is 0 Å². The van der Waals surface area contributed by atoms with E-state index in [-0.39, 0.29) is 11.7 Å². The van der Waals surface area contributed by atoms with Gasteiger partial charge in [-0.1, -0.05) is 18.2 Å². The van der Waals surface area contributed by atoms with Gasteiger partial charge >= 0.3 is 0 Å². The van der Waals surface area contributed by atoms with E-state index in [9.17, 15) is 9.90 Å². The summed E-state index contributed by atoms with van der Waals surface area (Å²) < 4.78 is 6.38. The molecular weight excluding hydrogens is 420 g/mol. The Balaban J connectivity index is 1.68. The summed E-state index contributed by atoms with van der Waals surface area (Å²) in [6.07, 6.45) is 1.52. The standard InChI is InChI=1S/C22H19BrN2O3/c1-14-5-3-7-18(9-14)28-19-8-4-6-17(12-19)22(27)25-24-13-16-10-15(2)21(26)20(23)11-16/h3-13,26H,1-2H3,(H,25,27)/b24-13+. The molecule has 28 heavy (non-hydrogen) atoms. The third kappa shape index (κ3) is 4.98. The second kappa shape index (κ2) is 8.71. The molecule has 0 saturated carbocycles. The third-order valence-electron chi connectivity index (χ3n) is 3.98. The summed E-state index contributed by atoms with van der Waals surface area (Å²) in [6, 6.07) is 18.1. The number of amides is 1. The second-order valence-corrected chi connectivity index (χ2v) is 7.17. The van der Waals surface area contributed by atoms with Gasteiger partial charge in [-0.15, -0.1) is 0 Å². The van der Waals surface area contributed by atoms with Crippen LogP contribution in [0.2, 0.25) is 0 Å². The van der Waals surface area contributed by atoms with Crippen LogP contribution in [0.3, 0.4) is 0 Å². The number of nitrogens with zero attached hydrogens (tertiary/aromatic N) is 1. The number of phenols is 1. The number of phenolic OH excluding ortho intramolecular Hbond substituents is 1. The van der Waals surface area contributed by atoms with Crippen LogP contribution in [-0.4, -0.2) is 17.2 Å². The Morgan fingerprint density at radius 1 is 1.07 bits per heavy atom. The highest BCUT2D eigenvalue weighted by atomic mass is 79.9. The lowest BCUT2D eigenvalue weighted by Gasteiger charge is -2.08. The Kier molecular flexibility index (Phi) is 6.11. The highest BCUT2D eigenvalue weighted by molar-refractivity contribution is 9.10. The molecule has 0 aromatic heterocycles. The van der Waals surface area contributed by atoms with Gasteiger partial charge in [0.15, 0.2) is 0 Å². The average molecular weight is 439 g/mol. The topological polar surface area (TPSA) is 70.9 Å². The third-order valence-corrected chi connectivity index (χ3v) is 4.58. The van der Waals surface area contributed by atoms with E-state index in [1.54, 1.807) is 43.3 Å². The van der Waals surface area contributed by atoms with Gasteiger partial charge in [0.05, 0.1) is 10.7 Å². The molecule has 0 aliphatic carbocycles. The van der Waals surface area contributed by atoms with Crippen LogP contribution in [0.15, 0.2) is 70.2 Å². The van der Waals surface area contributed by atoms with Gasteiger partial charge in [0.2, 0.25) is 0 Å². The van der Waals surface area contributed by atoms with Gasteiger partial charge < -0.3 is 9.84 Å². The molecule has 0 heterocycles. The second-order valence-electron chi connectivity index (χ2n) is 6.31. The number of rotatable bonds is 5. The van der Waals surface area contributed by atoms with E-state index >= 15 is 0 Å². The summed E-state index contributed by atoms with van der Waals surface area (Å²) >= 11 is 3.28. The first-order valence-electron chi connectivity index (χ1n) is 8.59. The van der Waals surface area contributed by atoms with Gasteiger partial charge in [0.25, 0.3) is 5.91 Å². The molecule has 0 unspecified atom stereocenters. The Morgan fingerprint density at radius 2 is 1.79 bits per heavy atom. The normalized spacial score (nSPS) is 10.8. The number of nitrogens with one attached hydrogen (secondary N) is 1. The first kappa shape index (κ1) is 19.6. The molecule has 2 N–H and O–H groups in total. The van der Waals surface area contributed by atoms with E-state index in [0.717, 1.165) is 11.1 Å². The number of aromatic hydroxyl groups is 1. The van der Waals surface area contributed by atoms with Crippen molar-refractivity contribution in [2.75, 3.05) is 0 Å². The fraction of sp³-hybridized carbons (Fsp3) is 0.0909. The molecule has 1 amide bonds. The smallest absolute Gasteiger partial charge is 0.271 e. The van der Waals surface area contributed by atoms with Crippen LogP contribution in [0.1, 0.15) is 27.0 Å². The Morgan fingerprint density at radius 3 is 2.50 bits per heavy atom. The first-order chi connectivity index (χ1) is 13.4. The van der Waals surface area contributed by atoms with E-state index in [1.165, 1.54) is 6.21 Å². The molecule has 0 atom stereocenters. The quantitative estimate of drug-likeness (QED) is 0.417. The van der Waals surface area contributed by atoms with Crippen molar-refractivity contribution in [3.63, 3.8) is 0 Å². The summed E-state index contributed by atoms with van der Waals surface area (Å²) in [4.78, 5) is 12.4. The van der Waals surface area contributed by atoms with Gasteiger partial charge in [-0.3, -0.25) is 4.79 Å². The molecule has 6 heteroatoms. The van der Waals surface area contributed by atoms with Crippen LogP contribution in [0, 0.1) is 13.8 Å². The summed E-state index contributed by atoms with van der Waals surface area (Å²) in [5.74, 6) is 1.12. The minimum Gasteiger partial charge on any atom is -0.506 e. The van der Waals surface area contributed by atoms with Crippen molar-refractivity contribution in [2.45, 2.75) is 13.8 Å². The number of ether oxygens (including phenoxy) is 1. The molecule has 0 aliphatic heterocycles. The highest BCUT2D eigenvalue weighted by Crippen LogP contribution is 2.28. The molecule has 0 spiro atoms. The lowest BCUT2D eigenvalue weighted by atomic mass is 10.1. The van der Waals surface area contributed by atoms with Gasteiger partial charge in [-0.2, -0.15) is 5.10 Å². The zero-order chi connectivity index (χ0) is 20.1. The van der Waals surface area contributed by atoms with E-state index in [4.69, 9.17) is 4.74 Å². The van der Waals surface area contributed by atoms with Crippen LogP contribution in [0.25, 0.3) is 0 Å². The molecule has 3 aromatic rings. The Hall–Kier alpha value is -3.12. The molecule has 0 aliphatic rings. The average Bonchev–Trinajstić information content (AvgIpc) is 2.66. The molecule has 3 rings (SSSR count). The summed E-state index contributed by atoms with van der Waals surface area (Å²) in [6.45, 7) is 3.78. The van der Waals surface area contributed by atoms with Gasteiger partial charge in [-0.25, -0.2) is 5.43 Å². The van der Waals surface area contributed by atoms with Crippen LogP contribution in [-0.2, 0) is 0 Å². The van der Waals surface area contributed by atoms with Crippen molar-refractivity contribution in [3.05, 3.63) is 87.4 Å². The molecular formula is C22H19BrN2O3. The zero-order valence-corrected chi connectivity index (χ0v) is 17.0. The molecule has 142 valence electrons. The van der Waals surface area contributed by atoms with Crippen LogP contribution < -0.4 is 10.2 Å². The fourth-order valence-corrected chi connectivity index (χ4v) is 3.16. The predicted octanol–water partition coefficient (Wildman–Crippen LogP) is 5.33. The monoisotopic (exact) mass is 438 g/mol. The van der Waals surface area contributed by atoms with Crippen molar-refractivity contribution < 1.29 is 14.6 Å². The Labute approximate surface area is 171 Å². The molecule has 0 radical (unpaired) electrons. The largest absolute Gasteiger partial charge is 0.506 e. The minimum atomic E-state index is -0.347. The SMILES string of the molecule is Cc1cccc(Oc2cccc(C(=O)N/N=C/c3cc(C)c(O)c(Br)c3)c2)c1. The predicted molar refractivity (Wildman–Crippen MR) is 113 cm³/mol. The van der Waals surface area contributed by atoms with E-state index < -0.39 is 0 Å². The highest BCUT2D eigenvalue weighted by Gasteiger charge is 2.07. The Bertz CT molecular complexity index is 1020. The fourth-order valence-electron chi connectivity index (χ4n) is 2.58. The summed E-state index contributed by atoms with van der Waals surface area (Å²) in [5, 5.41) is 13.8. The minimum absolute atomic E-state index is 0.187. The van der Waals surface area contributed by atoms with Gasteiger partial charge in [0, 0.05) is 5.56 Å². The zero-order valence-electron chi connectivity index (χ0n) is 15.4. The molecule has 5 nitrogen and oxygen atoms in total. The lowest BCUT2D eigenvalue weighted by Crippen LogP contribution is -2.17. The maximum Gasteiger partial charge on any atom is 0.271 e. The van der Waals surface area contributed by atoms with Crippen molar-refractivity contribution in [3.8, 4) is 17.2 Å². The number of halogens is 1. The van der Waals surface area contributed by atoms with Gasteiger partial charge in [-0.05, 0) is 88.9 Å². The van der Waals surface area contributed by atoms with Crippen LogP contribution in [0.5, 0.6) is 17.2 Å². The van der Waals surface area contributed by atoms with Crippen molar-refractivity contribution in [1.29, 1.82) is 0 Å².